The van der Waals surface area contributed by atoms with Gasteiger partial charge in [-0.25, -0.2) is 9.97 Å². The molecule has 0 aliphatic rings. The van der Waals surface area contributed by atoms with Gasteiger partial charge in [0.15, 0.2) is 0 Å². The van der Waals surface area contributed by atoms with Crippen molar-refractivity contribution in [2.45, 2.75) is 6.92 Å². The summed E-state index contributed by atoms with van der Waals surface area (Å²) in [6.07, 6.45) is 5.53. The lowest BCUT2D eigenvalue weighted by molar-refractivity contribution is 0.999. The average molecular weight is 325 g/mol. The van der Waals surface area contributed by atoms with Crippen molar-refractivity contribution in [3.8, 4) is 0 Å². The minimum absolute atomic E-state index is 0.820. The van der Waals surface area contributed by atoms with Gasteiger partial charge in [-0.15, -0.1) is 0 Å². The van der Waals surface area contributed by atoms with E-state index in [4.69, 9.17) is 0 Å². The Morgan fingerprint density at radius 2 is 1.88 bits per heavy atom. The molecule has 0 atom stereocenters. The van der Waals surface area contributed by atoms with Gasteiger partial charge in [-0.2, -0.15) is 0 Å². The van der Waals surface area contributed by atoms with Crippen molar-refractivity contribution in [2.24, 2.45) is 7.05 Å². The zero-order valence-corrected chi connectivity index (χ0v) is 14.5. The van der Waals surface area contributed by atoms with Gasteiger partial charge in [0.05, 0.1) is 16.7 Å². The molecule has 0 aliphatic heterocycles. The molecular weight excluding hydrogens is 306 g/mol. The predicted molar refractivity (Wildman–Crippen MR) is 107 cm³/mol. The Labute approximate surface area is 146 Å². The van der Waals surface area contributed by atoms with Crippen LogP contribution in [0.5, 0.6) is 0 Å². The van der Waals surface area contributed by atoms with Gasteiger partial charge >= 0.3 is 0 Å². The molecule has 3 nitrogen and oxygen atoms in total. The van der Waals surface area contributed by atoms with Gasteiger partial charge in [0.25, 0.3) is 0 Å². The Hall–Kier alpha value is -3.20. The molecule has 0 saturated carbocycles. The smallest absolute Gasteiger partial charge is 0.116 e. The number of benzene rings is 2. The third-order valence-corrected chi connectivity index (χ3v) is 4.70. The molecule has 0 aliphatic carbocycles. The summed E-state index contributed by atoms with van der Waals surface area (Å²) in [5.74, 6) is 0. The first-order valence-electron chi connectivity index (χ1n) is 8.25. The van der Waals surface area contributed by atoms with Crippen LogP contribution in [-0.2, 0) is 7.05 Å². The van der Waals surface area contributed by atoms with Crippen molar-refractivity contribution < 1.29 is 0 Å². The molecule has 0 radical (unpaired) electrons. The van der Waals surface area contributed by atoms with E-state index in [2.05, 4.69) is 71.1 Å². The number of nitrogens with zero attached hydrogens (tertiary/aromatic N) is 3. The van der Waals surface area contributed by atoms with E-state index in [0.29, 0.717) is 0 Å². The number of hydrogen-bond donors (Lipinski definition) is 0. The predicted octanol–water partition coefficient (Wildman–Crippen LogP) is 5.42. The van der Waals surface area contributed by atoms with Crippen LogP contribution in [0.15, 0.2) is 73.6 Å². The van der Waals surface area contributed by atoms with Crippen molar-refractivity contribution in [1.82, 2.24) is 14.5 Å². The SMILES string of the molecule is C=C(/C=C\C)C(=C)c1ncnc2c3c4ccccc4ccc3n(C)c12. The number of rotatable bonds is 3. The Morgan fingerprint density at radius 3 is 2.68 bits per heavy atom. The van der Waals surface area contributed by atoms with Crippen molar-refractivity contribution in [2.75, 3.05) is 0 Å². The van der Waals surface area contributed by atoms with Gasteiger partial charge in [-0.05, 0) is 29.3 Å². The first-order chi connectivity index (χ1) is 12.1. The minimum Gasteiger partial charge on any atom is -0.340 e. The highest BCUT2D eigenvalue weighted by atomic mass is 15.0. The van der Waals surface area contributed by atoms with Gasteiger partial charge in [0.2, 0.25) is 0 Å². The van der Waals surface area contributed by atoms with E-state index >= 15 is 0 Å². The largest absolute Gasteiger partial charge is 0.340 e. The van der Waals surface area contributed by atoms with Crippen LogP contribution in [0.25, 0.3) is 38.3 Å². The zero-order chi connectivity index (χ0) is 17.6. The van der Waals surface area contributed by atoms with Crippen molar-refractivity contribution in [3.05, 3.63) is 79.3 Å². The lowest BCUT2D eigenvalue weighted by Gasteiger charge is -2.08. The summed E-state index contributed by atoms with van der Waals surface area (Å²) in [6.45, 7) is 10.3. The molecule has 0 spiro atoms. The van der Waals surface area contributed by atoms with E-state index in [-0.39, 0.29) is 0 Å². The topological polar surface area (TPSA) is 30.7 Å². The Balaban J connectivity index is 2.14. The Morgan fingerprint density at radius 1 is 1.08 bits per heavy atom. The van der Waals surface area contributed by atoms with E-state index in [0.717, 1.165) is 38.8 Å². The highest BCUT2D eigenvalue weighted by molar-refractivity contribution is 6.20. The first kappa shape index (κ1) is 15.3. The quantitative estimate of drug-likeness (QED) is 0.471. The molecule has 0 N–H and O–H groups in total. The monoisotopic (exact) mass is 325 g/mol. The van der Waals surface area contributed by atoms with Crippen molar-refractivity contribution in [3.63, 3.8) is 0 Å². The summed E-state index contributed by atoms with van der Waals surface area (Å²) in [5.41, 5.74) is 5.59. The summed E-state index contributed by atoms with van der Waals surface area (Å²) in [6, 6.07) is 12.7. The normalized spacial score (nSPS) is 11.8. The van der Waals surface area contributed by atoms with E-state index in [1.807, 2.05) is 19.1 Å². The molecule has 0 saturated heterocycles. The van der Waals surface area contributed by atoms with Gasteiger partial charge in [-0.3, -0.25) is 0 Å². The summed E-state index contributed by atoms with van der Waals surface area (Å²) >= 11 is 0. The molecule has 2 aromatic heterocycles. The van der Waals surface area contributed by atoms with E-state index in [9.17, 15) is 0 Å². The summed E-state index contributed by atoms with van der Waals surface area (Å²) in [4.78, 5) is 9.13. The zero-order valence-electron chi connectivity index (χ0n) is 14.5. The van der Waals surface area contributed by atoms with Crippen LogP contribution in [0, 0.1) is 0 Å². The molecule has 4 rings (SSSR count). The molecule has 4 aromatic rings. The van der Waals surface area contributed by atoms with Crippen LogP contribution in [-0.4, -0.2) is 14.5 Å². The molecular formula is C22H19N3. The van der Waals surface area contributed by atoms with Gasteiger partial charge in [0, 0.05) is 18.0 Å². The molecule has 0 amide bonds. The highest BCUT2D eigenvalue weighted by Gasteiger charge is 2.18. The molecule has 0 bridgehead atoms. The second kappa shape index (κ2) is 5.71. The van der Waals surface area contributed by atoms with Crippen LogP contribution in [0.3, 0.4) is 0 Å². The third-order valence-electron chi connectivity index (χ3n) is 4.70. The van der Waals surface area contributed by atoms with Crippen molar-refractivity contribution >= 4 is 38.3 Å². The van der Waals surface area contributed by atoms with Gasteiger partial charge in [0.1, 0.15) is 11.8 Å². The molecule has 2 heterocycles. The van der Waals surface area contributed by atoms with Crippen LogP contribution in [0.2, 0.25) is 0 Å². The summed E-state index contributed by atoms with van der Waals surface area (Å²) < 4.78 is 2.15. The van der Waals surface area contributed by atoms with E-state index in [1.165, 1.54) is 10.8 Å². The van der Waals surface area contributed by atoms with Crippen LogP contribution in [0.1, 0.15) is 12.6 Å². The summed E-state index contributed by atoms with van der Waals surface area (Å²) in [5, 5.41) is 3.57. The second-order valence-electron chi connectivity index (χ2n) is 6.16. The maximum atomic E-state index is 4.61. The second-order valence-corrected chi connectivity index (χ2v) is 6.16. The molecule has 0 fully saturated rings. The van der Waals surface area contributed by atoms with E-state index < -0.39 is 0 Å². The fraction of sp³-hybridized carbons (Fsp3) is 0.0909. The Bertz CT molecular complexity index is 1190. The number of aromatic nitrogens is 3. The Kier molecular flexibility index (Phi) is 3.50. The fourth-order valence-electron chi connectivity index (χ4n) is 3.46. The van der Waals surface area contributed by atoms with Crippen molar-refractivity contribution in [1.29, 1.82) is 0 Å². The fourth-order valence-corrected chi connectivity index (χ4v) is 3.46. The number of fused-ring (bicyclic) bond motifs is 5. The standard InChI is InChI=1S/C22H19N3/c1-5-8-14(2)15(3)20-22-21(24-13-23-20)19-17-10-7-6-9-16(17)11-12-18(19)25(22)4/h5-13H,2-3H2,1,4H3/b8-5-. The molecule has 122 valence electrons. The van der Waals surface area contributed by atoms with Crippen LogP contribution >= 0.6 is 0 Å². The number of hydrogen-bond acceptors (Lipinski definition) is 2. The van der Waals surface area contributed by atoms with E-state index in [1.54, 1.807) is 6.33 Å². The maximum Gasteiger partial charge on any atom is 0.116 e. The maximum absolute atomic E-state index is 4.61. The average Bonchev–Trinajstić information content (AvgIpc) is 2.94. The lowest BCUT2D eigenvalue weighted by Crippen LogP contribution is -1.97. The number of aryl methyl sites for hydroxylation is 1. The van der Waals surface area contributed by atoms with Crippen LogP contribution < -0.4 is 0 Å². The highest BCUT2D eigenvalue weighted by Crippen LogP contribution is 2.36. The molecule has 2 aromatic carbocycles. The minimum atomic E-state index is 0.820. The van der Waals surface area contributed by atoms with Gasteiger partial charge < -0.3 is 4.57 Å². The third kappa shape index (κ3) is 2.20. The first-order valence-corrected chi connectivity index (χ1v) is 8.25. The van der Waals surface area contributed by atoms with Crippen LogP contribution in [0.4, 0.5) is 0 Å². The lowest BCUT2D eigenvalue weighted by atomic mass is 10.0. The molecule has 25 heavy (non-hydrogen) atoms. The molecule has 0 unspecified atom stereocenters. The molecule has 3 heteroatoms. The van der Waals surface area contributed by atoms with Gasteiger partial charge in [-0.1, -0.05) is 55.6 Å². The number of allylic oxidation sites excluding steroid dienone is 4. The summed E-state index contributed by atoms with van der Waals surface area (Å²) in [7, 11) is 2.05.